The summed E-state index contributed by atoms with van der Waals surface area (Å²) in [6, 6.07) is 17.3. The number of pyridine rings is 1. The number of rotatable bonds is 4. The molecule has 0 amide bonds. The standard InChI is InChI=1S/C18H18N3O2/c19-11-6-9-15-17(22)20-12-5-4-10-16(20)21(18(15)23)13-14-7-2-1-3-8-14/h1-5,7-8,10,12,15,18,23H,6,9,13H2/q+1. The Bertz CT molecular complexity index is 739. The molecule has 116 valence electrons. The summed E-state index contributed by atoms with van der Waals surface area (Å²) in [4.78, 5) is 14.4. The number of aromatic nitrogens is 1. The third kappa shape index (κ3) is 2.94. The summed E-state index contributed by atoms with van der Waals surface area (Å²) in [6.07, 6.45) is 1.37. The molecule has 1 aliphatic heterocycles. The minimum absolute atomic E-state index is 0.160. The van der Waals surface area contributed by atoms with E-state index in [1.54, 1.807) is 16.8 Å². The molecule has 1 N–H and O–H groups in total. The summed E-state index contributed by atoms with van der Waals surface area (Å²) in [6.45, 7) is 0.502. The van der Waals surface area contributed by atoms with Crippen molar-refractivity contribution in [1.82, 2.24) is 0 Å². The Hall–Kier alpha value is -2.71. The van der Waals surface area contributed by atoms with E-state index in [0.29, 0.717) is 18.8 Å². The average molecular weight is 308 g/mol. The van der Waals surface area contributed by atoms with Gasteiger partial charge >= 0.3 is 5.91 Å². The summed E-state index contributed by atoms with van der Waals surface area (Å²) >= 11 is 0. The summed E-state index contributed by atoms with van der Waals surface area (Å²) in [5.74, 6) is -0.0898. The van der Waals surface area contributed by atoms with E-state index in [1.807, 2.05) is 47.4 Å². The van der Waals surface area contributed by atoms with Crippen molar-refractivity contribution >= 4 is 11.7 Å². The van der Waals surface area contributed by atoms with Gasteiger partial charge in [0.2, 0.25) is 6.23 Å². The number of fused-ring (bicyclic) bond motifs is 1. The Morgan fingerprint density at radius 3 is 2.65 bits per heavy atom. The molecule has 0 saturated heterocycles. The first-order chi connectivity index (χ1) is 11.2. The van der Waals surface area contributed by atoms with Crippen molar-refractivity contribution in [1.29, 1.82) is 5.26 Å². The molecule has 2 atom stereocenters. The highest BCUT2D eigenvalue weighted by Gasteiger charge is 2.45. The topological polar surface area (TPSA) is 68.2 Å². The Morgan fingerprint density at radius 1 is 1.17 bits per heavy atom. The minimum atomic E-state index is -0.932. The fraction of sp³-hybridized carbons (Fsp3) is 0.278. The molecule has 0 fully saturated rings. The number of nitriles is 1. The summed E-state index contributed by atoms with van der Waals surface area (Å²) < 4.78 is 1.57. The molecule has 1 aromatic carbocycles. The van der Waals surface area contributed by atoms with Gasteiger partial charge in [0.05, 0.1) is 12.3 Å². The maximum Gasteiger partial charge on any atom is 0.324 e. The largest absolute Gasteiger partial charge is 0.355 e. The number of aliphatic hydroxyl groups is 1. The number of nitrogens with zero attached hydrogens (tertiary/aromatic N) is 3. The number of hydrogen-bond donors (Lipinski definition) is 1. The van der Waals surface area contributed by atoms with Gasteiger partial charge in [-0.15, -0.1) is 0 Å². The molecule has 1 aliphatic rings. The number of aliphatic hydroxyl groups excluding tert-OH is 1. The van der Waals surface area contributed by atoms with Crippen molar-refractivity contribution in [3.8, 4) is 6.07 Å². The highest BCUT2D eigenvalue weighted by molar-refractivity contribution is 5.74. The number of benzene rings is 1. The third-order valence-electron chi connectivity index (χ3n) is 4.13. The molecule has 1 aromatic heterocycles. The van der Waals surface area contributed by atoms with Gasteiger partial charge in [0.15, 0.2) is 0 Å². The van der Waals surface area contributed by atoms with Gasteiger partial charge in [-0.1, -0.05) is 36.4 Å². The monoisotopic (exact) mass is 308 g/mol. The Balaban J connectivity index is 1.97. The number of hydrogen-bond acceptors (Lipinski definition) is 4. The van der Waals surface area contributed by atoms with Crippen LogP contribution in [0.5, 0.6) is 0 Å². The lowest BCUT2D eigenvalue weighted by Gasteiger charge is -2.32. The van der Waals surface area contributed by atoms with E-state index in [9.17, 15) is 9.90 Å². The Morgan fingerprint density at radius 2 is 1.91 bits per heavy atom. The zero-order valence-electron chi connectivity index (χ0n) is 12.7. The average Bonchev–Trinajstić information content (AvgIpc) is 2.59. The molecule has 3 rings (SSSR count). The molecule has 2 heterocycles. The van der Waals surface area contributed by atoms with Crippen LogP contribution >= 0.6 is 0 Å². The zero-order valence-corrected chi connectivity index (χ0v) is 12.7. The number of carbonyl (C=O) groups is 1. The summed E-state index contributed by atoms with van der Waals surface area (Å²) in [7, 11) is 0. The maximum atomic E-state index is 12.6. The second-order valence-corrected chi connectivity index (χ2v) is 5.60. The molecule has 2 unspecified atom stereocenters. The molecule has 5 heteroatoms. The van der Waals surface area contributed by atoms with Crippen molar-refractivity contribution < 1.29 is 14.5 Å². The smallest absolute Gasteiger partial charge is 0.324 e. The van der Waals surface area contributed by atoms with Crippen LogP contribution < -0.4 is 9.47 Å². The lowest BCUT2D eigenvalue weighted by Crippen LogP contribution is -2.62. The maximum absolute atomic E-state index is 12.6. The first-order valence-corrected chi connectivity index (χ1v) is 7.63. The van der Waals surface area contributed by atoms with Crippen LogP contribution in [0.25, 0.3) is 0 Å². The molecule has 2 aromatic rings. The van der Waals surface area contributed by atoms with Gasteiger partial charge in [-0.25, -0.2) is 9.69 Å². The highest BCUT2D eigenvalue weighted by Crippen LogP contribution is 2.26. The lowest BCUT2D eigenvalue weighted by atomic mass is 9.96. The van der Waals surface area contributed by atoms with Crippen molar-refractivity contribution in [3.63, 3.8) is 0 Å². The number of anilines is 1. The van der Waals surface area contributed by atoms with E-state index >= 15 is 0 Å². The zero-order chi connectivity index (χ0) is 16.2. The molecule has 5 nitrogen and oxygen atoms in total. The molecule has 23 heavy (non-hydrogen) atoms. The quantitative estimate of drug-likeness (QED) is 0.876. The van der Waals surface area contributed by atoms with Crippen LogP contribution in [0.2, 0.25) is 0 Å². The summed E-state index contributed by atoms with van der Waals surface area (Å²) in [5.41, 5.74) is 1.05. The van der Waals surface area contributed by atoms with Crippen molar-refractivity contribution in [2.45, 2.75) is 25.6 Å². The summed E-state index contributed by atoms with van der Waals surface area (Å²) in [5, 5.41) is 19.5. The van der Waals surface area contributed by atoms with E-state index in [1.165, 1.54) is 0 Å². The lowest BCUT2D eigenvalue weighted by molar-refractivity contribution is -0.570. The SMILES string of the molecule is N#CCCC1C(=O)[n+]2ccccc2N(Cc2ccccc2)C1O. The van der Waals surface area contributed by atoms with Gasteiger partial charge in [0.1, 0.15) is 12.5 Å². The van der Waals surface area contributed by atoms with Gasteiger partial charge in [0, 0.05) is 12.5 Å². The fourth-order valence-corrected chi connectivity index (χ4v) is 2.96. The van der Waals surface area contributed by atoms with Crippen LogP contribution in [0.1, 0.15) is 23.2 Å². The fourth-order valence-electron chi connectivity index (χ4n) is 2.96. The first kappa shape index (κ1) is 15.2. The molecule has 0 spiro atoms. The van der Waals surface area contributed by atoms with Crippen LogP contribution in [-0.2, 0) is 6.54 Å². The van der Waals surface area contributed by atoms with E-state index < -0.39 is 12.1 Å². The van der Waals surface area contributed by atoms with Gasteiger partial charge < -0.3 is 5.11 Å². The second kappa shape index (κ2) is 6.59. The van der Waals surface area contributed by atoms with E-state index in [-0.39, 0.29) is 12.3 Å². The van der Waals surface area contributed by atoms with Gasteiger partial charge in [-0.2, -0.15) is 9.83 Å². The van der Waals surface area contributed by atoms with E-state index in [2.05, 4.69) is 6.07 Å². The first-order valence-electron chi connectivity index (χ1n) is 7.63. The number of carbonyl (C=O) groups excluding carboxylic acids is 1. The van der Waals surface area contributed by atoms with Gasteiger partial charge in [0.25, 0.3) is 5.82 Å². The molecular formula is C18H18N3O2+. The van der Waals surface area contributed by atoms with Crippen LogP contribution in [0.4, 0.5) is 5.82 Å². The molecular weight excluding hydrogens is 290 g/mol. The minimum Gasteiger partial charge on any atom is -0.355 e. The second-order valence-electron chi connectivity index (χ2n) is 5.60. The molecule has 0 saturated carbocycles. The molecule has 0 bridgehead atoms. The van der Waals surface area contributed by atoms with Gasteiger partial charge in [-0.05, 0) is 18.1 Å². The molecule has 0 aliphatic carbocycles. The van der Waals surface area contributed by atoms with Crippen molar-refractivity contribution in [2.75, 3.05) is 4.90 Å². The predicted octanol–water partition coefficient (Wildman–Crippen LogP) is 1.87. The normalized spacial score (nSPS) is 20.0. The van der Waals surface area contributed by atoms with Crippen molar-refractivity contribution in [3.05, 3.63) is 60.3 Å². The van der Waals surface area contributed by atoms with Crippen LogP contribution in [0.15, 0.2) is 54.7 Å². The van der Waals surface area contributed by atoms with Crippen LogP contribution in [0, 0.1) is 17.2 Å². The third-order valence-corrected chi connectivity index (χ3v) is 4.13. The van der Waals surface area contributed by atoms with Crippen LogP contribution in [-0.4, -0.2) is 17.2 Å². The van der Waals surface area contributed by atoms with Gasteiger partial charge in [-0.3, -0.25) is 0 Å². The highest BCUT2D eigenvalue weighted by atomic mass is 16.3. The predicted molar refractivity (Wildman–Crippen MR) is 84.2 cm³/mol. The Labute approximate surface area is 135 Å². The van der Waals surface area contributed by atoms with E-state index in [4.69, 9.17) is 5.26 Å². The Kier molecular flexibility index (Phi) is 4.35. The molecule has 0 radical (unpaired) electrons. The van der Waals surface area contributed by atoms with Crippen molar-refractivity contribution in [2.24, 2.45) is 5.92 Å². The van der Waals surface area contributed by atoms with Crippen LogP contribution in [0.3, 0.4) is 0 Å². The van der Waals surface area contributed by atoms with E-state index in [0.717, 1.165) is 5.56 Å².